The first-order valence-electron chi connectivity index (χ1n) is 9.26. The van der Waals surface area contributed by atoms with Crippen molar-refractivity contribution in [2.75, 3.05) is 11.9 Å². The third-order valence-corrected chi connectivity index (χ3v) is 6.04. The van der Waals surface area contributed by atoms with Crippen LogP contribution in [0.2, 0.25) is 0 Å². The van der Waals surface area contributed by atoms with Crippen molar-refractivity contribution in [2.45, 2.75) is 33.4 Å². The molecule has 29 heavy (non-hydrogen) atoms. The van der Waals surface area contributed by atoms with Crippen molar-refractivity contribution in [1.29, 1.82) is 0 Å². The van der Waals surface area contributed by atoms with E-state index in [0.717, 1.165) is 14.6 Å². The predicted octanol–water partition coefficient (Wildman–Crippen LogP) is 5.34. The van der Waals surface area contributed by atoms with E-state index in [2.05, 4.69) is 60.9 Å². The predicted molar refractivity (Wildman–Crippen MR) is 131 cm³/mol. The van der Waals surface area contributed by atoms with Crippen molar-refractivity contribution in [3.8, 4) is 0 Å². The van der Waals surface area contributed by atoms with Crippen molar-refractivity contribution in [1.82, 2.24) is 14.5 Å². The Bertz CT molecular complexity index is 1100. The molecular weight excluding hydrogens is 516 g/mol. The van der Waals surface area contributed by atoms with Crippen LogP contribution in [0.3, 0.4) is 0 Å². The zero-order valence-corrected chi connectivity index (χ0v) is 20.4. The lowest BCUT2D eigenvalue weighted by molar-refractivity contribution is 0.334. The minimum atomic E-state index is -0.0554. The van der Waals surface area contributed by atoms with E-state index < -0.39 is 0 Å². The van der Waals surface area contributed by atoms with Crippen molar-refractivity contribution in [3.63, 3.8) is 0 Å². The molecule has 0 radical (unpaired) electrons. The first-order chi connectivity index (χ1) is 13.8. The number of anilines is 1. The average molecular weight is 538 g/mol. The van der Waals surface area contributed by atoms with Crippen molar-refractivity contribution in [3.05, 3.63) is 67.6 Å². The highest BCUT2D eigenvalue weighted by Gasteiger charge is 2.16. The van der Waals surface area contributed by atoms with Gasteiger partial charge in [0.2, 0.25) is 0 Å². The topological polar surface area (TPSA) is 50.2 Å². The van der Waals surface area contributed by atoms with Gasteiger partial charge < -0.3 is 10.2 Å². The summed E-state index contributed by atoms with van der Waals surface area (Å²) in [6.07, 6.45) is 0. The second-order valence-corrected chi connectivity index (χ2v) is 9.14. The van der Waals surface area contributed by atoms with Gasteiger partial charge in [0.1, 0.15) is 5.82 Å². The summed E-state index contributed by atoms with van der Waals surface area (Å²) in [5, 5.41) is 4.49. The maximum absolute atomic E-state index is 13.1. The fraction of sp³-hybridized carbons (Fsp3) is 0.286. The van der Waals surface area contributed by atoms with Gasteiger partial charge in [-0.3, -0.25) is 9.36 Å². The Morgan fingerprint density at radius 1 is 1.24 bits per heavy atom. The molecule has 5 nitrogen and oxygen atoms in total. The third-order valence-electron chi connectivity index (χ3n) is 4.64. The molecule has 0 unspecified atom stereocenters. The van der Waals surface area contributed by atoms with E-state index in [1.54, 1.807) is 4.57 Å². The van der Waals surface area contributed by atoms with E-state index >= 15 is 0 Å². The molecule has 0 amide bonds. The summed E-state index contributed by atoms with van der Waals surface area (Å²) in [4.78, 5) is 19.8. The van der Waals surface area contributed by atoms with Gasteiger partial charge in [-0.1, -0.05) is 34.1 Å². The van der Waals surface area contributed by atoms with Gasteiger partial charge in [-0.25, -0.2) is 4.98 Å². The second-order valence-electron chi connectivity index (χ2n) is 6.98. The molecule has 0 spiro atoms. The Hall–Kier alpha value is -1.77. The number of benzene rings is 2. The minimum Gasteiger partial charge on any atom is -0.345 e. The third kappa shape index (κ3) is 5.05. The molecule has 8 heteroatoms. The number of halogens is 2. The van der Waals surface area contributed by atoms with E-state index in [1.807, 2.05) is 49.4 Å². The summed E-state index contributed by atoms with van der Waals surface area (Å²) in [5.74, 6) is 0.677. The fourth-order valence-electron chi connectivity index (χ4n) is 3.14. The number of hydrogen-bond donors (Lipinski definition) is 1. The monoisotopic (exact) mass is 536 g/mol. The largest absolute Gasteiger partial charge is 0.345 e. The molecule has 3 rings (SSSR count). The zero-order chi connectivity index (χ0) is 21.1. The molecule has 1 heterocycles. The molecule has 0 saturated carbocycles. The maximum Gasteiger partial charge on any atom is 0.261 e. The van der Waals surface area contributed by atoms with E-state index in [-0.39, 0.29) is 11.6 Å². The van der Waals surface area contributed by atoms with Gasteiger partial charge in [0.05, 0.1) is 10.9 Å². The first-order valence-corrected chi connectivity index (χ1v) is 11.3. The second kappa shape index (κ2) is 9.36. The number of thiocarbonyl (C=S) groups is 1. The highest BCUT2D eigenvalue weighted by Crippen LogP contribution is 2.25. The quantitative estimate of drug-likeness (QED) is 0.445. The fourth-order valence-corrected chi connectivity index (χ4v) is 4.87. The normalized spacial score (nSPS) is 11.1. The summed E-state index contributed by atoms with van der Waals surface area (Å²) in [7, 11) is 0. The summed E-state index contributed by atoms with van der Waals surface area (Å²) in [6.45, 7) is 7.12. The van der Waals surface area contributed by atoms with Crippen LogP contribution in [0.1, 0.15) is 19.7 Å². The molecule has 0 bridgehead atoms. The number of para-hydroxylation sites is 1. The molecule has 0 fully saturated rings. The van der Waals surface area contributed by atoms with E-state index in [1.165, 1.54) is 0 Å². The molecule has 1 N–H and O–H groups in total. The van der Waals surface area contributed by atoms with Gasteiger partial charge in [0, 0.05) is 33.8 Å². The van der Waals surface area contributed by atoms with Crippen molar-refractivity contribution >= 4 is 65.8 Å². The van der Waals surface area contributed by atoms with Crippen LogP contribution in [0.5, 0.6) is 0 Å². The Labute approximate surface area is 192 Å². The van der Waals surface area contributed by atoms with Crippen LogP contribution in [0.4, 0.5) is 5.69 Å². The molecule has 0 atom stereocenters. The molecule has 1 aromatic heterocycles. The van der Waals surface area contributed by atoms with Crippen LogP contribution in [0, 0.1) is 6.92 Å². The van der Waals surface area contributed by atoms with Crippen LogP contribution >= 0.6 is 44.1 Å². The minimum absolute atomic E-state index is 0.0554. The summed E-state index contributed by atoms with van der Waals surface area (Å²) < 4.78 is 3.34. The van der Waals surface area contributed by atoms with Gasteiger partial charge in [-0.05, 0) is 73.2 Å². The van der Waals surface area contributed by atoms with Crippen LogP contribution in [-0.4, -0.2) is 32.2 Å². The molecule has 3 aromatic rings. The highest BCUT2D eigenvalue weighted by atomic mass is 79.9. The lowest BCUT2D eigenvalue weighted by Gasteiger charge is -2.30. The van der Waals surface area contributed by atoms with Crippen LogP contribution in [0.25, 0.3) is 10.9 Å². The SMILES string of the molecule is Cc1nc2c(Br)cc(Br)cc2c(=O)n1CCN(C(=S)Nc1ccccc1)C(C)C. The molecule has 0 saturated heterocycles. The molecule has 0 aliphatic carbocycles. The lowest BCUT2D eigenvalue weighted by atomic mass is 10.2. The average Bonchev–Trinajstić information content (AvgIpc) is 2.66. The van der Waals surface area contributed by atoms with E-state index in [4.69, 9.17) is 12.2 Å². The van der Waals surface area contributed by atoms with E-state index in [9.17, 15) is 4.79 Å². The molecule has 152 valence electrons. The lowest BCUT2D eigenvalue weighted by Crippen LogP contribution is -2.43. The van der Waals surface area contributed by atoms with Crippen molar-refractivity contribution in [2.24, 2.45) is 0 Å². The van der Waals surface area contributed by atoms with Crippen molar-refractivity contribution < 1.29 is 0 Å². The Kier molecular flexibility index (Phi) is 7.08. The van der Waals surface area contributed by atoms with Crippen LogP contribution in [-0.2, 0) is 6.54 Å². The Morgan fingerprint density at radius 2 is 1.93 bits per heavy atom. The number of aromatic nitrogens is 2. The standard InChI is InChI=1S/C21H22Br2N4OS/c1-13(2)26(21(29)25-16-7-5-4-6-8-16)9-10-27-14(3)24-19-17(20(27)28)11-15(22)12-18(19)23/h4-8,11-13H,9-10H2,1-3H3,(H,25,29). The molecule has 0 aliphatic heterocycles. The van der Waals surface area contributed by atoms with Crippen LogP contribution < -0.4 is 10.9 Å². The molecule has 0 aliphatic rings. The number of nitrogens with one attached hydrogen (secondary N) is 1. The summed E-state index contributed by atoms with van der Waals surface area (Å²) in [6, 6.07) is 13.7. The summed E-state index contributed by atoms with van der Waals surface area (Å²) >= 11 is 12.6. The molecular formula is C21H22Br2N4OS. The Balaban J connectivity index is 1.85. The van der Waals surface area contributed by atoms with Crippen LogP contribution in [0.15, 0.2) is 56.2 Å². The summed E-state index contributed by atoms with van der Waals surface area (Å²) in [5.41, 5.74) is 1.56. The number of nitrogens with zero attached hydrogens (tertiary/aromatic N) is 3. The zero-order valence-electron chi connectivity index (χ0n) is 16.4. The van der Waals surface area contributed by atoms with Gasteiger partial charge in [-0.15, -0.1) is 0 Å². The highest BCUT2D eigenvalue weighted by molar-refractivity contribution is 9.11. The molecule has 2 aromatic carbocycles. The number of rotatable bonds is 5. The Morgan fingerprint density at radius 3 is 2.59 bits per heavy atom. The van der Waals surface area contributed by atoms with Gasteiger partial charge in [0.15, 0.2) is 5.11 Å². The smallest absolute Gasteiger partial charge is 0.261 e. The first kappa shape index (κ1) is 21.9. The maximum atomic E-state index is 13.1. The van der Waals surface area contributed by atoms with Gasteiger partial charge >= 0.3 is 0 Å². The van der Waals surface area contributed by atoms with E-state index in [0.29, 0.717) is 34.9 Å². The van der Waals surface area contributed by atoms with Gasteiger partial charge in [-0.2, -0.15) is 0 Å². The van der Waals surface area contributed by atoms with Gasteiger partial charge in [0.25, 0.3) is 5.56 Å². The number of fused-ring (bicyclic) bond motifs is 1. The number of hydrogen-bond acceptors (Lipinski definition) is 3. The number of aryl methyl sites for hydroxylation is 1.